The van der Waals surface area contributed by atoms with Crippen LogP contribution >= 0.6 is 0 Å². The highest BCUT2D eigenvalue weighted by atomic mass is 16.5. The summed E-state index contributed by atoms with van der Waals surface area (Å²) in [6, 6.07) is 0. The number of amides is 1. The highest BCUT2D eigenvalue weighted by Crippen LogP contribution is 2.17. The summed E-state index contributed by atoms with van der Waals surface area (Å²) in [6.07, 6.45) is 3.04. The third-order valence-corrected chi connectivity index (χ3v) is 3.29. The molecule has 4 nitrogen and oxygen atoms in total. The third-order valence-electron chi connectivity index (χ3n) is 3.29. The maximum absolute atomic E-state index is 11.9. The number of ether oxygens (including phenoxy) is 1. The van der Waals surface area contributed by atoms with Crippen molar-refractivity contribution in [1.82, 2.24) is 10.2 Å². The molecule has 0 unspecified atom stereocenters. The van der Waals surface area contributed by atoms with E-state index >= 15 is 0 Å². The topological polar surface area (TPSA) is 41.6 Å². The lowest BCUT2D eigenvalue weighted by atomic mass is 9.94. The molecular formula is C11H20N2O2. The summed E-state index contributed by atoms with van der Waals surface area (Å²) >= 11 is 0. The molecule has 0 spiro atoms. The average Bonchev–Trinajstić information content (AvgIpc) is 2.31. The number of carbonyl (C=O) groups is 1. The van der Waals surface area contributed by atoms with E-state index in [4.69, 9.17) is 4.74 Å². The predicted octanol–water partition coefficient (Wildman–Crippen LogP) is 0.235. The molecule has 2 fully saturated rings. The summed E-state index contributed by atoms with van der Waals surface area (Å²) < 4.78 is 5.24. The number of hydrogen-bond acceptors (Lipinski definition) is 3. The minimum absolute atomic E-state index is 0.324. The second-order valence-corrected chi connectivity index (χ2v) is 4.39. The molecular weight excluding hydrogens is 192 g/mol. The molecule has 0 atom stereocenters. The van der Waals surface area contributed by atoms with Gasteiger partial charge in [0.2, 0.25) is 5.91 Å². The van der Waals surface area contributed by atoms with E-state index in [0.717, 1.165) is 45.4 Å². The van der Waals surface area contributed by atoms with Gasteiger partial charge in [0.25, 0.3) is 0 Å². The van der Waals surface area contributed by atoms with Crippen LogP contribution in [-0.4, -0.2) is 50.2 Å². The summed E-state index contributed by atoms with van der Waals surface area (Å²) in [6.45, 7) is 5.12. The van der Waals surface area contributed by atoms with Crippen LogP contribution in [0.15, 0.2) is 0 Å². The quantitative estimate of drug-likeness (QED) is 0.712. The zero-order valence-corrected chi connectivity index (χ0v) is 9.21. The van der Waals surface area contributed by atoms with Crippen molar-refractivity contribution in [3.63, 3.8) is 0 Å². The van der Waals surface area contributed by atoms with Gasteiger partial charge < -0.3 is 15.0 Å². The van der Waals surface area contributed by atoms with E-state index in [1.165, 1.54) is 0 Å². The zero-order valence-electron chi connectivity index (χ0n) is 9.21. The van der Waals surface area contributed by atoms with Crippen molar-refractivity contribution in [1.29, 1.82) is 0 Å². The molecule has 2 aliphatic rings. The number of rotatable bonds is 2. The Bertz CT molecular complexity index is 209. The molecule has 1 N–H and O–H groups in total. The Kier molecular flexibility index (Phi) is 3.97. The van der Waals surface area contributed by atoms with Gasteiger partial charge in [0.05, 0.1) is 13.2 Å². The van der Waals surface area contributed by atoms with E-state index in [0.29, 0.717) is 25.0 Å². The maximum Gasteiger partial charge on any atom is 0.223 e. The van der Waals surface area contributed by atoms with Crippen molar-refractivity contribution in [3.8, 4) is 0 Å². The largest absolute Gasteiger partial charge is 0.378 e. The first-order valence-corrected chi connectivity index (χ1v) is 5.92. The van der Waals surface area contributed by atoms with Crippen LogP contribution in [-0.2, 0) is 9.53 Å². The first kappa shape index (κ1) is 10.9. The number of piperidine rings is 1. The summed E-state index contributed by atoms with van der Waals surface area (Å²) in [7, 11) is 0. The fraction of sp³-hybridized carbons (Fsp3) is 0.909. The molecule has 1 amide bonds. The Morgan fingerprint density at radius 3 is 2.60 bits per heavy atom. The number of nitrogens with zero attached hydrogens (tertiary/aromatic N) is 1. The first-order valence-electron chi connectivity index (χ1n) is 5.92. The van der Waals surface area contributed by atoms with Gasteiger partial charge in [-0.15, -0.1) is 0 Å². The van der Waals surface area contributed by atoms with Crippen molar-refractivity contribution < 1.29 is 9.53 Å². The SMILES string of the molecule is O=C(CC1CCNCC1)N1CCOCC1. The lowest BCUT2D eigenvalue weighted by molar-refractivity contribution is -0.136. The first-order chi connectivity index (χ1) is 7.36. The number of morpholine rings is 1. The molecule has 0 aromatic carbocycles. The van der Waals surface area contributed by atoms with E-state index in [1.807, 2.05) is 4.90 Å². The molecule has 2 saturated heterocycles. The molecule has 2 rings (SSSR count). The third kappa shape index (κ3) is 3.18. The van der Waals surface area contributed by atoms with Gasteiger partial charge in [-0.2, -0.15) is 0 Å². The molecule has 2 heterocycles. The van der Waals surface area contributed by atoms with Crippen LogP contribution in [0.1, 0.15) is 19.3 Å². The molecule has 4 heteroatoms. The summed E-state index contributed by atoms with van der Waals surface area (Å²) in [5, 5.41) is 3.32. The summed E-state index contributed by atoms with van der Waals surface area (Å²) in [5.41, 5.74) is 0. The standard InChI is InChI=1S/C11H20N2O2/c14-11(13-5-7-15-8-6-13)9-10-1-3-12-4-2-10/h10,12H,1-9H2. The summed E-state index contributed by atoms with van der Waals surface area (Å²) in [5.74, 6) is 0.923. The predicted molar refractivity (Wildman–Crippen MR) is 57.6 cm³/mol. The molecule has 15 heavy (non-hydrogen) atoms. The van der Waals surface area contributed by atoms with Crippen molar-refractivity contribution in [3.05, 3.63) is 0 Å². The van der Waals surface area contributed by atoms with Gasteiger partial charge in [-0.1, -0.05) is 0 Å². The van der Waals surface area contributed by atoms with E-state index in [1.54, 1.807) is 0 Å². The normalized spacial score (nSPS) is 24.1. The summed E-state index contributed by atoms with van der Waals surface area (Å²) in [4.78, 5) is 13.9. The van der Waals surface area contributed by atoms with Crippen LogP contribution in [0.4, 0.5) is 0 Å². The van der Waals surface area contributed by atoms with Crippen LogP contribution < -0.4 is 5.32 Å². The van der Waals surface area contributed by atoms with Crippen molar-refractivity contribution in [2.24, 2.45) is 5.92 Å². The monoisotopic (exact) mass is 212 g/mol. The lowest BCUT2D eigenvalue weighted by Crippen LogP contribution is -2.42. The Morgan fingerprint density at radius 1 is 1.27 bits per heavy atom. The number of nitrogens with one attached hydrogen (secondary N) is 1. The maximum atomic E-state index is 11.9. The van der Waals surface area contributed by atoms with Crippen LogP contribution in [0.5, 0.6) is 0 Å². The van der Waals surface area contributed by atoms with Gasteiger partial charge in [-0.05, 0) is 31.8 Å². The molecule has 86 valence electrons. The van der Waals surface area contributed by atoms with E-state index in [2.05, 4.69) is 5.32 Å². The molecule has 0 aromatic heterocycles. The zero-order chi connectivity index (χ0) is 10.5. The Hall–Kier alpha value is -0.610. The van der Waals surface area contributed by atoms with Gasteiger partial charge in [0.1, 0.15) is 0 Å². The van der Waals surface area contributed by atoms with Gasteiger partial charge in [0, 0.05) is 19.5 Å². The number of carbonyl (C=O) groups excluding carboxylic acids is 1. The minimum Gasteiger partial charge on any atom is -0.378 e. The van der Waals surface area contributed by atoms with E-state index in [9.17, 15) is 4.79 Å². The van der Waals surface area contributed by atoms with Crippen LogP contribution in [0.2, 0.25) is 0 Å². The smallest absolute Gasteiger partial charge is 0.223 e. The van der Waals surface area contributed by atoms with E-state index < -0.39 is 0 Å². The van der Waals surface area contributed by atoms with Gasteiger partial charge in [-0.3, -0.25) is 4.79 Å². The molecule has 0 aliphatic carbocycles. The van der Waals surface area contributed by atoms with Crippen LogP contribution in [0.25, 0.3) is 0 Å². The van der Waals surface area contributed by atoms with E-state index in [-0.39, 0.29) is 0 Å². The fourth-order valence-electron chi connectivity index (χ4n) is 2.27. The average molecular weight is 212 g/mol. The highest BCUT2D eigenvalue weighted by molar-refractivity contribution is 5.76. The minimum atomic E-state index is 0.324. The second-order valence-electron chi connectivity index (χ2n) is 4.39. The second kappa shape index (κ2) is 5.47. The van der Waals surface area contributed by atoms with Crippen LogP contribution in [0.3, 0.4) is 0 Å². The Balaban J connectivity index is 1.74. The fourth-order valence-corrected chi connectivity index (χ4v) is 2.27. The van der Waals surface area contributed by atoms with Gasteiger partial charge >= 0.3 is 0 Å². The van der Waals surface area contributed by atoms with Crippen molar-refractivity contribution in [2.75, 3.05) is 39.4 Å². The molecule has 0 radical (unpaired) electrons. The van der Waals surface area contributed by atoms with Crippen LogP contribution in [0, 0.1) is 5.92 Å². The lowest BCUT2D eigenvalue weighted by Gasteiger charge is -2.29. The Morgan fingerprint density at radius 2 is 1.93 bits per heavy atom. The molecule has 2 aliphatic heterocycles. The number of hydrogen-bond donors (Lipinski definition) is 1. The Labute approximate surface area is 91.0 Å². The van der Waals surface area contributed by atoms with Crippen molar-refractivity contribution >= 4 is 5.91 Å². The van der Waals surface area contributed by atoms with Gasteiger partial charge in [-0.25, -0.2) is 0 Å². The van der Waals surface area contributed by atoms with Gasteiger partial charge in [0.15, 0.2) is 0 Å². The molecule has 0 saturated carbocycles. The molecule has 0 bridgehead atoms. The van der Waals surface area contributed by atoms with Crippen molar-refractivity contribution in [2.45, 2.75) is 19.3 Å². The molecule has 0 aromatic rings. The highest BCUT2D eigenvalue weighted by Gasteiger charge is 2.21.